The van der Waals surface area contributed by atoms with Gasteiger partial charge in [0, 0.05) is 43.6 Å². The highest BCUT2D eigenvalue weighted by Gasteiger charge is 2.17. The molecule has 1 aromatic heterocycles. The molecule has 6 nitrogen and oxygen atoms in total. The van der Waals surface area contributed by atoms with Crippen molar-refractivity contribution in [1.82, 2.24) is 10.1 Å². The lowest BCUT2D eigenvalue weighted by atomic mass is 10.1. The number of carbonyl (C=O) groups excluding carboxylic acids is 1. The molecule has 24 heavy (non-hydrogen) atoms. The van der Waals surface area contributed by atoms with E-state index in [2.05, 4.69) is 39.3 Å². The van der Waals surface area contributed by atoms with Crippen molar-refractivity contribution in [2.45, 2.75) is 20.8 Å². The minimum atomic E-state index is -0.251. The van der Waals surface area contributed by atoms with Gasteiger partial charge in [0.1, 0.15) is 5.76 Å². The van der Waals surface area contributed by atoms with Gasteiger partial charge < -0.3 is 19.6 Å². The first-order chi connectivity index (χ1) is 11.6. The Kier molecular flexibility index (Phi) is 4.85. The summed E-state index contributed by atoms with van der Waals surface area (Å²) in [5.41, 5.74) is 3.35. The Bertz CT molecular complexity index is 718. The minimum Gasteiger partial charge on any atom is -0.369 e. The number of likely N-dealkylation sites (N-methyl/N-ethyl adjacent to an activating group) is 1. The first kappa shape index (κ1) is 16.5. The van der Waals surface area contributed by atoms with E-state index in [0.29, 0.717) is 11.5 Å². The maximum atomic E-state index is 12.2. The van der Waals surface area contributed by atoms with Gasteiger partial charge in [-0.2, -0.15) is 0 Å². The summed E-state index contributed by atoms with van der Waals surface area (Å²) >= 11 is 0. The van der Waals surface area contributed by atoms with E-state index >= 15 is 0 Å². The number of benzene rings is 1. The molecule has 1 saturated heterocycles. The van der Waals surface area contributed by atoms with Crippen LogP contribution in [0.1, 0.15) is 28.7 Å². The summed E-state index contributed by atoms with van der Waals surface area (Å²) < 4.78 is 4.95. The van der Waals surface area contributed by atoms with Crippen molar-refractivity contribution in [3.8, 4) is 0 Å². The van der Waals surface area contributed by atoms with E-state index in [-0.39, 0.29) is 5.91 Å². The lowest BCUT2D eigenvalue weighted by Gasteiger charge is -2.35. The number of carbonyl (C=O) groups is 1. The van der Waals surface area contributed by atoms with Crippen LogP contribution < -0.4 is 10.2 Å². The molecule has 1 N–H and O–H groups in total. The lowest BCUT2D eigenvalue weighted by molar-refractivity contribution is 0.101. The largest absolute Gasteiger partial charge is 0.369 e. The zero-order valence-electron chi connectivity index (χ0n) is 14.5. The lowest BCUT2D eigenvalue weighted by Crippen LogP contribution is -2.46. The van der Waals surface area contributed by atoms with Gasteiger partial charge in [-0.25, -0.2) is 0 Å². The summed E-state index contributed by atoms with van der Waals surface area (Å²) in [7, 11) is 0. The fraction of sp³-hybridized carbons (Fsp3) is 0.444. The molecule has 1 fully saturated rings. The first-order valence-electron chi connectivity index (χ1n) is 8.39. The van der Waals surface area contributed by atoms with Gasteiger partial charge in [-0.3, -0.25) is 4.79 Å². The molecule has 1 aliphatic heterocycles. The molecular weight excluding hydrogens is 304 g/mol. The highest BCUT2D eigenvalue weighted by atomic mass is 16.5. The summed E-state index contributed by atoms with van der Waals surface area (Å²) in [5.74, 6) is 0.373. The molecule has 0 aliphatic carbocycles. The van der Waals surface area contributed by atoms with Gasteiger partial charge in [0.05, 0.1) is 0 Å². The Labute approximate surface area is 142 Å². The smallest absolute Gasteiger partial charge is 0.277 e. The molecule has 0 atom stereocenters. The van der Waals surface area contributed by atoms with Crippen LogP contribution in [0.15, 0.2) is 28.8 Å². The molecule has 1 amide bonds. The Balaban J connectivity index is 1.67. The van der Waals surface area contributed by atoms with E-state index in [1.165, 1.54) is 5.69 Å². The van der Waals surface area contributed by atoms with Crippen LogP contribution in [0.2, 0.25) is 0 Å². The van der Waals surface area contributed by atoms with Gasteiger partial charge in [0.25, 0.3) is 5.91 Å². The van der Waals surface area contributed by atoms with Crippen molar-refractivity contribution < 1.29 is 9.32 Å². The predicted octanol–water partition coefficient (Wildman–Crippen LogP) is 2.69. The summed E-state index contributed by atoms with van der Waals surface area (Å²) in [6.45, 7) is 11.4. The predicted molar refractivity (Wildman–Crippen MR) is 94.7 cm³/mol. The van der Waals surface area contributed by atoms with Crippen LogP contribution in [-0.2, 0) is 0 Å². The van der Waals surface area contributed by atoms with Crippen LogP contribution in [0.3, 0.4) is 0 Å². The summed E-state index contributed by atoms with van der Waals surface area (Å²) in [6.07, 6.45) is 0. The summed E-state index contributed by atoms with van der Waals surface area (Å²) in [5, 5.41) is 6.65. The van der Waals surface area contributed by atoms with Crippen molar-refractivity contribution in [1.29, 1.82) is 0 Å². The Morgan fingerprint density at radius 2 is 1.96 bits per heavy atom. The summed E-state index contributed by atoms with van der Waals surface area (Å²) in [6, 6.07) is 7.79. The fourth-order valence-corrected chi connectivity index (χ4v) is 2.97. The molecule has 0 bridgehead atoms. The highest BCUT2D eigenvalue weighted by molar-refractivity contribution is 6.03. The number of hydrogen-bond acceptors (Lipinski definition) is 5. The van der Waals surface area contributed by atoms with Gasteiger partial charge in [0.15, 0.2) is 5.69 Å². The molecule has 1 aromatic carbocycles. The number of aryl methyl sites for hydroxylation is 2. The van der Waals surface area contributed by atoms with Crippen LogP contribution in [0, 0.1) is 13.8 Å². The fourth-order valence-electron chi connectivity index (χ4n) is 2.97. The van der Waals surface area contributed by atoms with Crippen molar-refractivity contribution in [3.63, 3.8) is 0 Å². The highest BCUT2D eigenvalue weighted by Crippen LogP contribution is 2.24. The number of anilines is 2. The molecule has 128 valence electrons. The number of rotatable bonds is 4. The van der Waals surface area contributed by atoms with Gasteiger partial charge >= 0.3 is 0 Å². The Morgan fingerprint density at radius 1 is 1.21 bits per heavy atom. The van der Waals surface area contributed by atoms with E-state index < -0.39 is 0 Å². The first-order valence-corrected chi connectivity index (χ1v) is 8.39. The maximum absolute atomic E-state index is 12.2. The molecule has 2 aromatic rings. The second-order valence-electron chi connectivity index (χ2n) is 6.20. The van der Waals surface area contributed by atoms with Gasteiger partial charge in [-0.05, 0) is 44.2 Å². The van der Waals surface area contributed by atoms with Gasteiger partial charge in [0.2, 0.25) is 0 Å². The molecule has 2 heterocycles. The SMILES string of the molecule is CCN1CCN(c2ccc(NC(=O)c3cc(C)on3)c(C)c2)CC1. The average molecular weight is 328 g/mol. The van der Waals surface area contributed by atoms with Crippen LogP contribution in [0.25, 0.3) is 0 Å². The third-order valence-electron chi connectivity index (χ3n) is 4.50. The standard InChI is InChI=1S/C18H24N4O2/c1-4-21-7-9-22(10-8-21)15-5-6-16(13(2)11-15)19-18(23)17-12-14(3)24-20-17/h5-6,11-12H,4,7-10H2,1-3H3,(H,19,23). The zero-order chi connectivity index (χ0) is 17.1. The number of hydrogen-bond donors (Lipinski definition) is 1. The molecule has 0 spiro atoms. The molecule has 0 saturated carbocycles. The Hall–Kier alpha value is -2.34. The number of aromatic nitrogens is 1. The quantitative estimate of drug-likeness (QED) is 0.935. The van der Waals surface area contributed by atoms with E-state index in [1.54, 1.807) is 13.0 Å². The minimum absolute atomic E-state index is 0.251. The maximum Gasteiger partial charge on any atom is 0.277 e. The number of piperazine rings is 1. The van der Waals surface area contributed by atoms with Crippen LogP contribution in [0.4, 0.5) is 11.4 Å². The number of nitrogens with one attached hydrogen (secondary N) is 1. The Morgan fingerprint density at radius 3 is 2.54 bits per heavy atom. The van der Waals surface area contributed by atoms with E-state index in [1.807, 2.05) is 13.0 Å². The normalized spacial score (nSPS) is 15.5. The second kappa shape index (κ2) is 7.05. The molecule has 3 rings (SSSR count). The molecular formula is C18H24N4O2. The summed E-state index contributed by atoms with van der Waals surface area (Å²) in [4.78, 5) is 17.0. The molecule has 0 unspecified atom stereocenters. The van der Waals surface area contributed by atoms with E-state index in [4.69, 9.17) is 4.52 Å². The molecule has 6 heteroatoms. The third kappa shape index (κ3) is 3.59. The van der Waals surface area contributed by atoms with E-state index in [0.717, 1.165) is 44.0 Å². The second-order valence-corrected chi connectivity index (χ2v) is 6.20. The topological polar surface area (TPSA) is 61.6 Å². The van der Waals surface area contributed by atoms with Crippen molar-refractivity contribution in [3.05, 3.63) is 41.3 Å². The number of amides is 1. The van der Waals surface area contributed by atoms with Crippen LogP contribution >= 0.6 is 0 Å². The van der Waals surface area contributed by atoms with E-state index in [9.17, 15) is 4.79 Å². The van der Waals surface area contributed by atoms with Crippen LogP contribution in [0.5, 0.6) is 0 Å². The zero-order valence-corrected chi connectivity index (χ0v) is 14.5. The van der Waals surface area contributed by atoms with Gasteiger partial charge in [-0.1, -0.05) is 12.1 Å². The van der Waals surface area contributed by atoms with Crippen molar-refractivity contribution in [2.24, 2.45) is 0 Å². The molecule has 0 radical (unpaired) electrons. The molecule has 1 aliphatic rings. The van der Waals surface area contributed by atoms with Crippen LogP contribution in [-0.4, -0.2) is 48.7 Å². The monoisotopic (exact) mass is 328 g/mol. The van der Waals surface area contributed by atoms with Crippen molar-refractivity contribution in [2.75, 3.05) is 42.9 Å². The number of nitrogens with zero attached hydrogens (tertiary/aromatic N) is 3. The third-order valence-corrected chi connectivity index (χ3v) is 4.50. The van der Waals surface area contributed by atoms with Crippen molar-refractivity contribution >= 4 is 17.3 Å². The average Bonchev–Trinajstić information content (AvgIpc) is 3.03. The van der Waals surface area contributed by atoms with Gasteiger partial charge in [-0.15, -0.1) is 0 Å².